The Balaban J connectivity index is 1.97. The highest BCUT2D eigenvalue weighted by atomic mass is 16.7. The van der Waals surface area contributed by atoms with Crippen molar-refractivity contribution in [2.45, 2.75) is 19.4 Å². The lowest BCUT2D eigenvalue weighted by molar-refractivity contribution is -0.908. The third-order valence-corrected chi connectivity index (χ3v) is 5.37. The quantitative estimate of drug-likeness (QED) is 0.702. The SMILES string of the molecule is COc1c2c(cc3c1[C@H](c1ccc(O)c(C(C)=O)c1O)[NH+](C)CC3)OCO2. The van der Waals surface area contributed by atoms with E-state index in [0.717, 1.165) is 29.0 Å². The number of phenols is 2. The summed E-state index contributed by atoms with van der Waals surface area (Å²) in [5, 5.41) is 20.8. The van der Waals surface area contributed by atoms with E-state index in [0.29, 0.717) is 22.8 Å². The highest BCUT2D eigenvalue weighted by Gasteiger charge is 2.39. The monoisotopic (exact) mass is 372 g/mol. The number of hydrogen-bond acceptors (Lipinski definition) is 6. The van der Waals surface area contributed by atoms with Crippen LogP contribution in [0.15, 0.2) is 18.2 Å². The molecule has 142 valence electrons. The topological polar surface area (TPSA) is 89.7 Å². The Bertz CT molecular complexity index is 939. The lowest BCUT2D eigenvalue weighted by atomic mass is 9.85. The molecule has 27 heavy (non-hydrogen) atoms. The van der Waals surface area contributed by atoms with Crippen LogP contribution in [0.3, 0.4) is 0 Å². The summed E-state index contributed by atoms with van der Waals surface area (Å²) in [6.07, 6.45) is 0.822. The Hall–Kier alpha value is -2.93. The Morgan fingerprint density at radius 2 is 2.07 bits per heavy atom. The van der Waals surface area contributed by atoms with Crippen LogP contribution in [0.5, 0.6) is 28.7 Å². The van der Waals surface area contributed by atoms with Crippen molar-refractivity contribution in [1.82, 2.24) is 0 Å². The van der Waals surface area contributed by atoms with Gasteiger partial charge in [-0.15, -0.1) is 0 Å². The van der Waals surface area contributed by atoms with Crippen LogP contribution >= 0.6 is 0 Å². The predicted molar refractivity (Wildman–Crippen MR) is 96.2 cm³/mol. The van der Waals surface area contributed by atoms with E-state index in [2.05, 4.69) is 0 Å². The van der Waals surface area contributed by atoms with Crippen LogP contribution in [-0.2, 0) is 6.42 Å². The van der Waals surface area contributed by atoms with Gasteiger partial charge in [0, 0.05) is 6.42 Å². The zero-order chi connectivity index (χ0) is 19.3. The van der Waals surface area contributed by atoms with Crippen molar-refractivity contribution < 1.29 is 34.1 Å². The molecular formula is C20H22NO6+. The Kier molecular flexibility index (Phi) is 4.11. The summed E-state index contributed by atoms with van der Waals surface area (Å²) in [6.45, 7) is 2.29. The maximum atomic E-state index is 11.9. The number of Topliss-reactive ketones (excluding diaryl/α,β-unsaturated/α-hetero) is 1. The van der Waals surface area contributed by atoms with Gasteiger partial charge in [-0.1, -0.05) is 0 Å². The number of carbonyl (C=O) groups excluding carboxylic acids is 1. The van der Waals surface area contributed by atoms with Crippen LogP contribution in [0.1, 0.15) is 40.0 Å². The second kappa shape index (κ2) is 6.35. The summed E-state index contributed by atoms with van der Waals surface area (Å²) in [5.74, 6) is 0.984. The van der Waals surface area contributed by atoms with E-state index >= 15 is 0 Å². The highest BCUT2D eigenvalue weighted by molar-refractivity contribution is 5.99. The molecule has 0 aliphatic carbocycles. The van der Waals surface area contributed by atoms with Gasteiger partial charge in [0.2, 0.25) is 12.5 Å². The molecule has 7 heteroatoms. The zero-order valence-electron chi connectivity index (χ0n) is 15.5. The molecule has 2 aromatic carbocycles. The van der Waals surface area contributed by atoms with E-state index < -0.39 is 5.78 Å². The number of nitrogens with one attached hydrogen (secondary N) is 1. The molecule has 2 atom stereocenters. The molecule has 1 unspecified atom stereocenters. The van der Waals surface area contributed by atoms with Gasteiger partial charge in [0.25, 0.3) is 0 Å². The summed E-state index contributed by atoms with van der Waals surface area (Å²) in [5.41, 5.74) is 2.46. The Labute approximate surface area is 156 Å². The largest absolute Gasteiger partial charge is 0.507 e. The fraction of sp³-hybridized carbons (Fsp3) is 0.350. The maximum Gasteiger partial charge on any atom is 0.231 e. The molecule has 0 spiro atoms. The standard InChI is InChI=1S/C20H21NO6/c1-10(22)15-13(23)5-4-12(18(15)24)17-16-11(6-7-21(17)2)8-14-19(20(16)25-3)27-9-26-14/h4-5,8,17,23-24H,6-7,9H2,1-3H3/p+1/t17-/m0/s1. The average Bonchev–Trinajstić information content (AvgIpc) is 3.09. The molecular weight excluding hydrogens is 350 g/mol. The van der Waals surface area contributed by atoms with Crippen LogP contribution in [0, 0.1) is 0 Å². The number of aromatic hydroxyl groups is 2. The molecule has 0 bridgehead atoms. The minimum absolute atomic E-state index is 0.0628. The molecule has 0 aromatic heterocycles. The number of likely N-dealkylation sites (N-methyl/N-ethyl adjacent to an activating group) is 1. The van der Waals surface area contributed by atoms with Crippen molar-refractivity contribution in [2.75, 3.05) is 27.5 Å². The number of ether oxygens (including phenoxy) is 3. The number of fused-ring (bicyclic) bond motifs is 2. The van der Waals surface area contributed by atoms with Gasteiger partial charge in [0.15, 0.2) is 17.3 Å². The molecule has 0 radical (unpaired) electrons. The normalized spacial score (nSPS) is 20.3. The molecule has 3 N–H and O–H groups in total. The van der Waals surface area contributed by atoms with Crippen LogP contribution < -0.4 is 19.1 Å². The maximum absolute atomic E-state index is 11.9. The van der Waals surface area contributed by atoms with Gasteiger partial charge >= 0.3 is 0 Å². The smallest absolute Gasteiger partial charge is 0.231 e. The van der Waals surface area contributed by atoms with E-state index in [9.17, 15) is 15.0 Å². The molecule has 2 aromatic rings. The predicted octanol–water partition coefficient (Wildman–Crippen LogP) is 1.20. The first-order valence-corrected chi connectivity index (χ1v) is 8.81. The van der Waals surface area contributed by atoms with Crippen LogP contribution in [0.2, 0.25) is 0 Å². The van der Waals surface area contributed by atoms with Crippen molar-refractivity contribution in [2.24, 2.45) is 0 Å². The van der Waals surface area contributed by atoms with Gasteiger partial charge in [0.1, 0.15) is 23.1 Å². The van der Waals surface area contributed by atoms with Gasteiger partial charge in [-0.25, -0.2) is 0 Å². The third-order valence-electron chi connectivity index (χ3n) is 5.37. The lowest BCUT2D eigenvalue weighted by Crippen LogP contribution is -3.10. The second-order valence-electron chi connectivity index (χ2n) is 6.95. The molecule has 2 aliphatic rings. The lowest BCUT2D eigenvalue weighted by Gasteiger charge is -2.33. The van der Waals surface area contributed by atoms with E-state index in [4.69, 9.17) is 14.2 Å². The average molecular weight is 372 g/mol. The number of benzene rings is 2. The molecule has 0 amide bonds. The minimum atomic E-state index is -0.391. The first kappa shape index (κ1) is 17.5. The number of rotatable bonds is 3. The number of quaternary nitrogens is 1. The van der Waals surface area contributed by atoms with E-state index in [1.165, 1.54) is 13.0 Å². The van der Waals surface area contributed by atoms with Crippen molar-refractivity contribution in [3.05, 3.63) is 40.5 Å². The minimum Gasteiger partial charge on any atom is -0.507 e. The van der Waals surface area contributed by atoms with Crippen molar-refractivity contribution in [1.29, 1.82) is 0 Å². The summed E-state index contributed by atoms with van der Waals surface area (Å²) < 4.78 is 16.8. The molecule has 7 nitrogen and oxygen atoms in total. The summed E-state index contributed by atoms with van der Waals surface area (Å²) >= 11 is 0. The van der Waals surface area contributed by atoms with Crippen molar-refractivity contribution in [3.63, 3.8) is 0 Å². The van der Waals surface area contributed by atoms with E-state index in [-0.39, 0.29) is 29.9 Å². The van der Waals surface area contributed by atoms with Crippen molar-refractivity contribution in [3.8, 4) is 28.7 Å². The Morgan fingerprint density at radius 3 is 2.78 bits per heavy atom. The Morgan fingerprint density at radius 1 is 1.30 bits per heavy atom. The molecule has 2 heterocycles. The summed E-state index contributed by atoms with van der Waals surface area (Å²) in [4.78, 5) is 13.1. The third kappa shape index (κ3) is 2.57. The van der Waals surface area contributed by atoms with Crippen LogP contribution in [0.25, 0.3) is 0 Å². The number of hydrogen-bond donors (Lipinski definition) is 3. The highest BCUT2D eigenvalue weighted by Crippen LogP contribution is 2.49. The zero-order valence-corrected chi connectivity index (χ0v) is 15.5. The first-order valence-electron chi connectivity index (χ1n) is 8.81. The first-order chi connectivity index (χ1) is 12.9. The molecule has 0 saturated heterocycles. The molecule has 2 aliphatic heterocycles. The van der Waals surface area contributed by atoms with E-state index in [1.807, 2.05) is 13.1 Å². The number of carbonyl (C=O) groups is 1. The van der Waals surface area contributed by atoms with Gasteiger partial charge in [-0.3, -0.25) is 4.79 Å². The fourth-order valence-corrected chi connectivity index (χ4v) is 4.12. The van der Waals surface area contributed by atoms with Gasteiger partial charge < -0.3 is 29.3 Å². The molecule has 4 rings (SSSR count). The number of methoxy groups -OCH3 is 1. The molecule has 0 fully saturated rings. The fourth-order valence-electron chi connectivity index (χ4n) is 4.12. The van der Waals surface area contributed by atoms with Gasteiger partial charge in [-0.2, -0.15) is 0 Å². The summed E-state index contributed by atoms with van der Waals surface area (Å²) in [6, 6.07) is 4.79. The van der Waals surface area contributed by atoms with Crippen LogP contribution in [-0.4, -0.2) is 43.5 Å². The van der Waals surface area contributed by atoms with Gasteiger partial charge in [0.05, 0.1) is 31.8 Å². The number of ketones is 1. The van der Waals surface area contributed by atoms with Crippen LogP contribution in [0.4, 0.5) is 0 Å². The van der Waals surface area contributed by atoms with Gasteiger partial charge in [-0.05, 0) is 30.7 Å². The van der Waals surface area contributed by atoms with Crippen molar-refractivity contribution >= 4 is 5.78 Å². The second-order valence-corrected chi connectivity index (χ2v) is 6.95. The number of phenolic OH excluding ortho intramolecular Hbond substituents is 2. The van der Waals surface area contributed by atoms with E-state index in [1.54, 1.807) is 13.2 Å². The molecule has 0 saturated carbocycles. The summed E-state index contributed by atoms with van der Waals surface area (Å²) in [7, 11) is 3.60.